The van der Waals surface area contributed by atoms with Crippen molar-refractivity contribution in [2.24, 2.45) is 0 Å². The summed E-state index contributed by atoms with van der Waals surface area (Å²) in [5, 5.41) is 11.7. The molecule has 6 aromatic rings. The van der Waals surface area contributed by atoms with Gasteiger partial charge < -0.3 is 0 Å². The van der Waals surface area contributed by atoms with Crippen molar-refractivity contribution in [3.8, 4) is 5.69 Å². The minimum Gasteiger partial charge on any atom is -0.268 e. The minimum absolute atomic E-state index is 0.127. The van der Waals surface area contributed by atoms with Gasteiger partial charge in [0.05, 0.1) is 22.1 Å². The molecule has 0 spiro atoms. The Bertz CT molecular complexity index is 1760. The molecule has 0 aliphatic rings. The van der Waals surface area contributed by atoms with E-state index in [1.54, 1.807) is 4.57 Å². The Morgan fingerprint density at radius 1 is 0.941 bits per heavy atom. The highest BCUT2D eigenvalue weighted by atomic mass is 35.5. The van der Waals surface area contributed by atoms with Crippen LogP contribution in [0.2, 0.25) is 5.15 Å². The molecule has 166 valence electrons. The number of hydrogen-bond donors (Lipinski definition) is 0. The molecule has 0 amide bonds. The average molecular weight is 484 g/mol. The van der Waals surface area contributed by atoms with Crippen molar-refractivity contribution in [2.75, 3.05) is 0 Å². The van der Waals surface area contributed by atoms with Gasteiger partial charge in [0.15, 0.2) is 5.16 Å². The van der Waals surface area contributed by atoms with Gasteiger partial charge in [0.2, 0.25) is 5.78 Å². The Morgan fingerprint density at radius 2 is 1.71 bits per heavy atom. The third-order valence-electron chi connectivity index (χ3n) is 5.79. The molecule has 3 heterocycles. The number of hydrogen-bond acceptors (Lipinski definition) is 5. The quantitative estimate of drug-likeness (QED) is 0.233. The number of rotatable bonds is 4. The van der Waals surface area contributed by atoms with Crippen molar-refractivity contribution >= 4 is 50.9 Å². The lowest BCUT2D eigenvalue weighted by Crippen LogP contribution is -2.21. The second kappa shape index (κ2) is 8.27. The lowest BCUT2D eigenvalue weighted by Gasteiger charge is -2.12. The second-order valence-electron chi connectivity index (χ2n) is 8.03. The predicted molar refractivity (Wildman–Crippen MR) is 137 cm³/mol. The molecule has 0 saturated carbocycles. The maximum Gasteiger partial charge on any atom is 0.267 e. The molecule has 0 aliphatic carbocycles. The van der Waals surface area contributed by atoms with Crippen molar-refractivity contribution in [3.63, 3.8) is 0 Å². The molecule has 0 fully saturated rings. The molecule has 8 heteroatoms. The number of aryl methyl sites for hydroxylation is 1. The van der Waals surface area contributed by atoms with Crippen molar-refractivity contribution < 1.29 is 0 Å². The fourth-order valence-electron chi connectivity index (χ4n) is 4.08. The van der Waals surface area contributed by atoms with Crippen LogP contribution in [0.3, 0.4) is 0 Å². The monoisotopic (exact) mass is 483 g/mol. The van der Waals surface area contributed by atoms with Crippen molar-refractivity contribution in [1.29, 1.82) is 0 Å². The summed E-state index contributed by atoms with van der Waals surface area (Å²) in [5.74, 6) is 1.04. The van der Waals surface area contributed by atoms with Gasteiger partial charge in [-0.05, 0) is 43.3 Å². The number of para-hydroxylation sites is 2. The molecular weight excluding hydrogens is 466 g/mol. The first-order valence-electron chi connectivity index (χ1n) is 10.7. The van der Waals surface area contributed by atoms with E-state index in [-0.39, 0.29) is 5.56 Å². The maximum absolute atomic E-state index is 13.4. The number of halogens is 1. The molecule has 0 saturated heterocycles. The first-order valence-corrected chi connectivity index (χ1v) is 12.1. The zero-order chi connectivity index (χ0) is 23.2. The summed E-state index contributed by atoms with van der Waals surface area (Å²) in [7, 11) is 0. The number of benzene rings is 3. The van der Waals surface area contributed by atoms with Crippen LogP contribution in [0.15, 0.2) is 88.8 Å². The molecule has 6 nitrogen and oxygen atoms in total. The summed E-state index contributed by atoms with van der Waals surface area (Å²) in [6.45, 7) is 2.02. The summed E-state index contributed by atoms with van der Waals surface area (Å²) in [5.41, 5.74) is 4.28. The lowest BCUT2D eigenvalue weighted by atomic mass is 10.2. The smallest absolute Gasteiger partial charge is 0.267 e. The molecule has 0 atom stereocenters. The van der Waals surface area contributed by atoms with Crippen LogP contribution in [0.1, 0.15) is 11.1 Å². The number of thioether (sulfide) groups is 1. The fraction of sp³-hybridized carbons (Fsp3) is 0.0769. The van der Waals surface area contributed by atoms with Crippen LogP contribution in [0.4, 0.5) is 0 Å². The third-order valence-corrected chi connectivity index (χ3v) is 7.10. The van der Waals surface area contributed by atoms with Crippen molar-refractivity contribution in [3.05, 3.63) is 105 Å². The predicted octanol–water partition coefficient (Wildman–Crippen LogP) is 5.84. The van der Waals surface area contributed by atoms with Crippen molar-refractivity contribution in [1.82, 2.24) is 24.1 Å². The number of aromatic nitrogens is 5. The van der Waals surface area contributed by atoms with Crippen LogP contribution < -0.4 is 5.56 Å². The van der Waals surface area contributed by atoms with Gasteiger partial charge in [-0.1, -0.05) is 71.4 Å². The summed E-state index contributed by atoms with van der Waals surface area (Å²) in [6, 6.07) is 25.3. The largest absolute Gasteiger partial charge is 0.268 e. The van der Waals surface area contributed by atoms with E-state index < -0.39 is 0 Å². The molecule has 34 heavy (non-hydrogen) atoms. The number of fused-ring (bicyclic) bond motifs is 4. The minimum atomic E-state index is -0.127. The standard InChI is InChI=1S/C26H18ClN5OS/c1-16-10-12-19(13-11-16)31-24(33)20-7-3-5-9-22(20)32-25(31)29-30-26(32)34-15-18-14-17-6-2-4-8-21(17)28-23(18)27/h2-14H,15H2,1H3. The first-order chi connectivity index (χ1) is 16.6. The van der Waals surface area contributed by atoms with E-state index in [2.05, 4.69) is 21.2 Å². The Morgan fingerprint density at radius 3 is 2.56 bits per heavy atom. The molecule has 0 aliphatic heterocycles. The molecule has 6 rings (SSSR count). The second-order valence-corrected chi connectivity index (χ2v) is 9.33. The molecule has 0 radical (unpaired) electrons. The van der Waals surface area contributed by atoms with E-state index >= 15 is 0 Å². The zero-order valence-electron chi connectivity index (χ0n) is 18.1. The summed E-state index contributed by atoms with van der Waals surface area (Å²) in [4.78, 5) is 18.0. The highest BCUT2D eigenvalue weighted by molar-refractivity contribution is 7.98. The van der Waals surface area contributed by atoms with Crippen LogP contribution in [0.5, 0.6) is 0 Å². The van der Waals surface area contributed by atoms with E-state index in [1.807, 2.05) is 84.1 Å². The molecule has 3 aromatic heterocycles. The van der Waals surface area contributed by atoms with Gasteiger partial charge in [0, 0.05) is 16.7 Å². The van der Waals surface area contributed by atoms with Crippen LogP contribution in [0.25, 0.3) is 33.3 Å². The third kappa shape index (κ3) is 3.45. The van der Waals surface area contributed by atoms with Crippen LogP contribution >= 0.6 is 23.4 Å². The van der Waals surface area contributed by atoms with Gasteiger partial charge in [-0.2, -0.15) is 0 Å². The topological polar surface area (TPSA) is 65.1 Å². The molecule has 3 aromatic carbocycles. The van der Waals surface area contributed by atoms with Crippen LogP contribution in [-0.4, -0.2) is 24.1 Å². The number of nitrogens with zero attached hydrogens (tertiary/aromatic N) is 5. The normalized spacial score (nSPS) is 11.6. The molecule has 0 unspecified atom stereocenters. The van der Waals surface area contributed by atoms with E-state index in [1.165, 1.54) is 11.8 Å². The summed E-state index contributed by atoms with van der Waals surface area (Å²) < 4.78 is 3.55. The Labute approximate surface area is 203 Å². The number of pyridine rings is 1. The van der Waals surface area contributed by atoms with Gasteiger partial charge >= 0.3 is 0 Å². The highest BCUT2D eigenvalue weighted by Gasteiger charge is 2.18. The van der Waals surface area contributed by atoms with E-state index in [0.717, 1.165) is 33.2 Å². The maximum atomic E-state index is 13.4. The van der Waals surface area contributed by atoms with E-state index in [0.29, 0.717) is 27.2 Å². The van der Waals surface area contributed by atoms with Gasteiger partial charge in [-0.15, -0.1) is 10.2 Å². The highest BCUT2D eigenvalue weighted by Crippen LogP contribution is 2.29. The molecule has 0 N–H and O–H groups in total. The summed E-state index contributed by atoms with van der Waals surface area (Å²) >= 11 is 7.99. The Hall–Kier alpha value is -3.68. The van der Waals surface area contributed by atoms with Gasteiger partial charge in [0.1, 0.15) is 5.15 Å². The SMILES string of the molecule is Cc1ccc(-n2c(=O)c3ccccc3n3c(SCc4cc5ccccc5nc4Cl)nnc23)cc1. The Balaban J connectivity index is 1.50. The van der Waals surface area contributed by atoms with Gasteiger partial charge in [-0.25, -0.2) is 9.55 Å². The van der Waals surface area contributed by atoms with Crippen molar-refractivity contribution in [2.45, 2.75) is 17.8 Å². The Kier molecular flexibility index (Phi) is 5.08. The fourth-order valence-corrected chi connectivity index (χ4v) is 5.28. The van der Waals surface area contributed by atoms with E-state index in [4.69, 9.17) is 11.6 Å². The van der Waals surface area contributed by atoms with Gasteiger partial charge in [-0.3, -0.25) is 9.20 Å². The van der Waals surface area contributed by atoms with Crippen LogP contribution in [-0.2, 0) is 5.75 Å². The average Bonchev–Trinajstić information content (AvgIpc) is 3.28. The molecule has 0 bridgehead atoms. The lowest BCUT2D eigenvalue weighted by molar-refractivity contribution is 0.930. The molecular formula is C26H18ClN5OS. The summed E-state index contributed by atoms with van der Waals surface area (Å²) in [6.07, 6.45) is 0. The zero-order valence-corrected chi connectivity index (χ0v) is 19.7. The first kappa shape index (κ1) is 20.9. The van der Waals surface area contributed by atoms with E-state index in [9.17, 15) is 4.79 Å². The van der Waals surface area contributed by atoms with Crippen LogP contribution in [0, 0.1) is 6.92 Å². The van der Waals surface area contributed by atoms with Gasteiger partial charge in [0.25, 0.3) is 5.56 Å².